The Labute approximate surface area is 108 Å². The van der Waals surface area contributed by atoms with E-state index in [4.69, 9.17) is 9.84 Å². The normalized spacial score (nSPS) is 31.2. The van der Waals surface area contributed by atoms with E-state index in [1.165, 1.54) is 12.7 Å². The molecule has 0 amide bonds. The molecule has 3 rings (SSSR count). The fraction of sp³-hybridized carbons (Fsp3) is 0.545. The van der Waals surface area contributed by atoms with Crippen molar-refractivity contribution in [3.05, 3.63) is 18.3 Å². The van der Waals surface area contributed by atoms with Crippen LogP contribution in [0.2, 0.25) is 0 Å². The summed E-state index contributed by atoms with van der Waals surface area (Å²) in [5.41, 5.74) is 1.33. The largest absolute Gasteiger partial charge is 0.394 e. The van der Waals surface area contributed by atoms with Crippen LogP contribution in [-0.4, -0.2) is 59.8 Å². The molecule has 3 aliphatic rings. The van der Waals surface area contributed by atoms with Gasteiger partial charge in [0.25, 0.3) is 0 Å². The summed E-state index contributed by atoms with van der Waals surface area (Å²) in [6.07, 6.45) is -1.00. The number of aliphatic hydroxyl groups excluding tert-OH is 3. The third-order valence-corrected chi connectivity index (χ3v) is 3.40. The second-order valence-corrected chi connectivity index (χ2v) is 4.51. The lowest BCUT2D eigenvalue weighted by Gasteiger charge is -2.21. The first kappa shape index (κ1) is 12.4. The summed E-state index contributed by atoms with van der Waals surface area (Å²) in [5, 5.41) is 28.8. The Morgan fingerprint density at radius 2 is 2.05 bits per heavy atom. The molecule has 8 heteroatoms. The number of aromatic nitrogens is 4. The molecule has 4 atom stereocenters. The third-order valence-electron chi connectivity index (χ3n) is 3.40. The monoisotopic (exact) mass is 266 g/mol. The standard InChI is InChI=1S/C11H14N4O4/c1-5-7-10(13-3-12-7)14-4-15(5)11-9(18)8(17)6(2-16)19-11/h3-4,6,8-9,11,16-18H,2H2,1H3/t6-,8-,9-,11?/m1/s1. The highest BCUT2D eigenvalue weighted by Gasteiger charge is 2.43. The van der Waals surface area contributed by atoms with Crippen molar-refractivity contribution in [1.82, 2.24) is 19.5 Å². The Kier molecular flexibility index (Phi) is 2.94. The molecule has 8 nitrogen and oxygen atoms in total. The van der Waals surface area contributed by atoms with Crippen LogP contribution in [0.15, 0.2) is 12.7 Å². The zero-order chi connectivity index (χ0) is 13.6. The van der Waals surface area contributed by atoms with Gasteiger partial charge in [0.15, 0.2) is 12.1 Å². The highest BCUT2D eigenvalue weighted by Crippen LogP contribution is 2.31. The molecule has 0 bridgehead atoms. The van der Waals surface area contributed by atoms with Crippen LogP contribution in [0.1, 0.15) is 11.9 Å². The van der Waals surface area contributed by atoms with Crippen molar-refractivity contribution in [2.75, 3.05) is 6.61 Å². The van der Waals surface area contributed by atoms with Crippen molar-refractivity contribution in [3.8, 4) is 11.5 Å². The highest BCUT2D eigenvalue weighted by atomic mass is 16.6. The maximum atomic E-state index is 9.99. The Morgan fingerprint density at radius 3 is 2.74 bits per heavy atom. The number of ether oxygens (including phenoxy) is 1. The van der Waals surface area contributed by atoms with Crippen LogP contribution in [-0.2, 0) is 4.74 Å². The van der Waals surface area contributed by atoms with Gasteiger partial charge in [0.1, 0.15) is 30.3 Å². The third kappa shape index (κ3) is 1.80. The summed E-state index contributed by atoms with van der Waals surface area (Å²) < 4.78 is 7.04. The van der Waals surface area contributed by atoms with E-state index >= 15 is 0 Å². The lowest BCUT2D eigenvalue weighted by Crippen LogP contribution is -2.33. The molecule has 102 valence electrons. The van der Waals surface area contributed by atoms with Gasteiger partial charge >= 0.3 is 0 Å². The van der Waals surface area contributed by atoms with Crippen LogP contribution >= 0.6 is 0 Å². The van der Waals surface area contributed by atoms with Gasteiger partial charge in [0.05, 0.1) is 12.9 Å². The van der Waals surface area contributed by atoms with Crippen molar-refractivity contribution in [2.45, 2.75) is 31.5 Å². The zero-order valence-corrected chi connectivity index (χ0v) is 10.2. The van der Waals surface area contributed by atoms with Crippen LogP contribution in [0.5, 0.6) is 0 Å². The topological polar surface area (TPSA) is 114 Å². The molecule has 3 N–H and O–H groups in total. The first-order valence-electron chi connectivity index (χ1n) is 5.90. The maximum absolute atomic E-state index is 9.99. The van der Waals surface area contributed by atoms with Crippen LogP contribution in [0.4, 0.5) is 0 Å². The van der Waals surface area contributed by atoms with E-state index < -0.39 is 24.5 Å². The minimum atomic E-state index is -1.14. The van der Waals surface area contributed by atoms with E-state index in [-0.39, 0.29) is 6.61 Å². The van der Waals surface area contributed by atoms with Crippen molar-refractivity contribution < 1.29 is 20.1 Å². The predicted octanol–water partition coefficient (Wildman–Crippen LogP) is -1.30. The maximum Gasteiger partial charge on any atom is 0.182 e. The number of nitrogens with zero attached hydrogens (tertiary/aromatic N) is 4. The van der Waals surface area contributed by atoms with Crippen LogP contribution in [0.25, 0.3) is 11.5 Å². The van der Waals surface area contributed by atoms with E-state index in [1.54, 1.807) is 11.5 Å². The summed E-state index contributed by atoms with van der Waals surface area (Å²) in [5.74, 6) is 0.514. The second kappa shape index (κ2) is 4.49. The molecule has 0 saturated carbocycles. The summed E-state index contributed by atoms with van der Waals surface area (Å²) in [6, 6.07) is 0. The van der Waals surface area contributed by atoms with Crippen molar-refractivity contribution in [2.24, 2.45) is 0 Å². The SMILES string of the molecule is Cc1c2ncnc-2ncn1C1O[C@H](CO)[C@@H](O)[C@H]1O. The first-order valence-corrected chi connectivity index (χ1v) is 5.90. The minimum absolute atomic E-state index is 0.361. The van der Waals surface area contributed by atoms with Gasteiger partial charge in [0.2, 0.25) is 0 Å². The number of aliphatic hydroxyl groups is 3. The quantitative estimate of drug-likeness (QED) is 0.619. The number of hydrogen-bond donors (Lipinski definition) is 3. The van der Waals surface area contributed by atoms with Gasteiger partial charge in [-0.15, -0.1) is 0 Å². The Bertz CT molecular complexity index is 560. The Balaban J connectivity index is 2.01. The average Bonchev–Trinajstić information content (AvgIpc) is 2.98. The van der Waals surface area contributed by atoms with E-state index in [0.29, 0.717) is 11.5 Å². The van der Waals surface area contributed by atoms with E-state index in [2.05, 4.69) is 15.0 Å². The number of rotatable bonds is 2. The van der Waals surface area contributed by atoms with Gasteiger partial charge < -0.3 is 24.6 Å². The summed E-state index contributed by atoms with van der Waals surface area (Å²) in [6.45, 7) is 1.44. The molecular weight excluding hydrogens is 252 g/mol. The predicted molar refractivity (Wildman–Crippen MR) is 62.2 cm³/mol. The summed E-state index contributed by atoms with van der Waals surface area (Å²) in [7, 11) is 0. The molecule has 0 aromatic heterocycles. The lowest BCUT2D eigenvalue weighted by atomic mass is 10.1. The fourth-order valence-corrected chi connectivity index (χ4v) is 2.30. The number of imidazole rings is 1. The molecule has 3 heterocycles. The lowest BCUT2D eigenvalue weighted by molar-refractivity contribution is -0.0542. The fourth-order valence-electron chi connectivity index (χ4n) is 2.30. The van der Waals surface area contributed by atoms with Crippen LogP contribution < -0.4 is 0 Å². The van der Waals surface area contributed by atoms with Gasteiger partial charge in [-0.1, -0.05) is 0 Å². The minimum Gasteiger partial charge on any atom is -0.394 e. The van der Waals surface area contributed by atoms with Gasteiger partial charge in [-0.2, -0.15) is 0 Å². The second-order valence-electron chi connectivity index (χ2n) is 4.51. The number of fused-ring (bicyclic) bond motifs is 1. The van der Waals surface area contributed by atoms with E-state index in [0.717, 1.165) is 5.69 Å². The number of hydrogen-bond acceptors (Lipinski definition) is 7. The van der Waals surface area contributed by atoms with Crippen molar-refractivity contribution >= 4 is 0 Å². The van der Waals surface area contributed by atoms with E-state index in [9.17, 15) is 10.2 Å². The van der Waals surface area contributed by atoms with Crippen molar-refractivity contribution in [3.63, 3.8) is 0 Å². The molecule has 0 spiro atoms. The zero-order valence-electron chi connectivity index (χ0n) is 10.2. The smallest absolute Gasteiger partial charge is 0.182 e. The average molecular weight is 266 g/mol. The van der Waals surface area contributed by atoms with Crippen LogP contribution in [0.3, 0.4) is 0 Å². The molecular formula is C11H14N4O4. The first-order chi connectivity index (χ1) is 9.13. The molecule has 3 aliphatic heterocycles. The molecule has 1 unspecified atom stereocenters. The highest BCUT2D eigenvalue weighted by molar-refractivity contribution is 5.52. The van der Waals surface area contributed by atoms with Gasteiger partial charge in [0, 0.05) is 5.69 Å². The van der Waals surface area contributed by atoms with Crippen molar-refractivity contribution in [1.29, 1.82) is 0 Å². The Hall–Kier alpha value is -1.61. The summed E-state index contributed by atoms with van der Waals surface area (Å²) >= 11 is 0. The molecule has 0 aromatic carbocycles. The van der Waals surface area contributed by atoms with Gasteiger partial charge in [-0.3, -0.25) is 0 Å². The molecule has 0 aromatic rings. The van der Waals surface area contributed by atoms with E-state index in [1.807, 2.05) is 0 Å². The molecule has 0 radical (unpaired) electrons. The van der Waals surface area contributed by atoms with Crippen LogP contribution in [0, 0.1) is 6.92 Å². The Morgan fingerprint density at radius 1 is 1.26 bits per heavy atom. The molecule has 1 fully saturated rings. The van der Waals surface area contributed by atoms with Gasteiger partial charge in [-0.25, -0.2) is 15.0 Å². The molecule has 0 aliphatic carbocycles. The molecule has 1 saturated heterocycles. The molecule has 19 heavy (non-hydrogen) atoms. The summed E-state index contributed by atoms with van der Waals surface area (Å²) in [4.78, 5) is 12.2. The van der Waals surface area contributed by atoms with Gasteiger partial charge in [-0.05, 0) is 6.92 Å².